The number of hydrogen-bond acceptors (Lipinski definition) is 4. The van der Waals surface area contributed by atoms with Crippen molar-refractivity contribution in [2.24, 2.45) is 5.92 Å². The van der Waals surface area contributed by atoms with E-state index in [1.165, 1.54) is 0 Å². The average Bonchev–Trinajstić information content (AvgIpc) is 2.82. The fourth-order valence-corrected chi connectivity index (χ4v) is 4.10. The Hall–Kier alpha value is -1.59. The number of carbonyl (C=O) groups excluding carboxylic acids is 1. The van der Waals surface area contributed by atoms with Gasteiger partial charge in [-0.05, 0) is 24.5 Å². The van der Waals surface area contributed by atoms with E-state index in [9.17, 15) is 4.79 Å². The highest BCUT2D eigenvalue weighted by Gasteiger charge is 2.34. The zero-order chi connectivity index (χ0) is 17.6. The topological polar surface area (TPSA) is 36.0 Å². The van der Waals surface area contributed by atoms with E-state index in [1.807, 2.05) is 35.2 Å². The lowest BCUT2D eigenvalue weighted by molar-refractivity contribution is -0.128. The van der Waals surface area contributed by atoms with Gasteiger partial charge in [-0.3, -0.25) is 14.6 Å². The van der Waals surface area contributed by atoms with E-state index in [1.54, 1.807) is 6.92 Å². The van der Waals surface area contributed by atoms with E-state index in [0.717, 1.165) is 64.6 Å². The zero-order valence-corrected chi connectivity index (χ0v) is 15.6. The number of benzene rings is 1. The highest BCUT2D eigenvalue weighted by Crippen LogP contribution is 2.23. The van der Waals surface area contributed by atoms with Gasteiger partial charge in [0.05, 0.1) is 0 Å². The molecular weight excluding hydrogens is 314 g/mol. The zero-order valence-electron chi connectivity index (χ0n) is 15.6. The number of carbonyl (C=O) groups is 1. The molecule has 138 valence electrons. The van der Waals surface area contributed by atoms with Crippen LogP contribution in [0.4, 0.5) is 0 Å². The van der Waals surface area contributed by atoms with Crippen molar-refractivity contribution >= 4 is 5.91 Å². The third-order valence-corrected chi connectivity index (χ3v) is 5.51. The Balaban J connectivity index is 1.45. The molecule has 0 saturated carbocycles. The maximum absolute atomic E-state index is 11.6. The molecule has 25 heavy (non-hydrogen) atoms. The predicted molar refractivity (Wildman–Crippen MR) is 99.8 cm³/mol. The molecule has 1 aromatic carbocycles. The molecule has 0 aromatic heterocycles. The van der Waals surface area contributed by atoms with Crippen LogP contribution in [-0.4, -0.2) is 79.1 Å². The molecule has 2 heterocycles. The normalized spacial score (nSPS) is 25.8. The van der Waals surface area contributed by atoms with Crippen LogP contribution in [0.2, 0.25) is 0 Å². The molecular formula is C20H31N3O2. The van der Waals surface area contributed by atoms with Gasteiger partial charge in [-0.15, -0.1) is 0 Å². The van der Waals surface area contributed by atoms with Gasteiger partial charge in [0.25, 0.3) is 0 Å². The molecule has 0 bridgehead atoms. The molecule has 3 rings (SSSR count). The van der Waals surface area contributed by atoms with E-state index in [0.29, 0.717) is 12.0 Å². The summed E-state index contributed by atoms with van der Waals surface area (Å²) in [6.45, 7) is 11.9. The van der Waals surface area contributed by atoms with Crippen LogP contribution in [0, 0.1) is 5.92 Å². The summed E-state index contributed by atoms with van der Waals surface area (Å²) in [5.74, 6) is 1.82. The van der Waals surface area contributed by atoms with Crippen LogP contribution in [0.3, 0.4) is 0 Å². The Bertz CT molecular complexity index is 551. The largest absolute Gasteiger partial charge is 0.492 e. The van der Waals surface area contributed by atoms with Crippen LogP contribution in [0.1, 0.15) is 20.3 Å². The second kappa shape index (κ2) is 8.68. The number of ether oxygens (including phenoxy) is 1. The first-order valence-corrected chi connectivity index (χ1v) is 9.53. The summed E-state index contributed by atoms with van der Waals surface area (Å²) < 4.78 is 5.84. The van der Waals surface area contributed by atoms with Crippen molar-refractivity contribution in [1.82, 2.24) is 14.7 Å². The molecule has 2 saturated heterocycles. The SMILES string of the molecule is CC(=O)N1CCCN(C2CN(CCOc3ccccc3)CC2C)CC1. The molecule has 0 N–H and O–H groups in total. The van der Waals surface area contributed by atoms with Crippen LogP contribution < -0.4 is 4.74 Å². The monoisotopic (exact) mass is 345 g/mol. The van der Waals surface area contributed by atoms with Crippen LogP contribution in [0.5, 0.6) is 5.75 Å². The molecule has 2 aliphatic heterocycles. The molecule has 0 radical (unpaired) electrons. The first-order valence-electron chi connectivity index (χ1n) is 9.53. The third kappa shape index (κ3) is 4.95. The molecule has 2 fully saturated rings. The Morgan fingerprint density at radius 1 is 1.12 bits per heavy atom. The molecule has 1 aromatic rings. The number of para-hydroxylation sites is 1. The molecule has 1 amide bonds. The van der Waals surface area contributed by atoms with Gasteiger partial charge in [0.2, 0.25) is 5.91 Å². The van der Waals surface area contributed by atoms with Gasteiger partial charge >= 0.3 is 0 Å². The lowest BCUT2D eigenvalue weighted by Gasteiger charge is -2.30. The number of likely N-dealkylation sites (tertiary alicyclic amines) is 1. The summed E-state index contributed by atoms with van der Waals surface area (Å²) >= 11 is 0. The van der Waals surface area contributed by atoms with Crippen molar-refractivity contribution in [2.45, 2.75) is 26.3 Å². The maximum atomic E-state index is 11.6. The molecule has 0 aliphatic carbocycles. The van der Waals surface area contributed by atoms with Gasteiger partial charge in [0.15, 0.2) is 0 Å². The standard InChI is InChI=1S/C20H31N3O2/c1-17-15-21(13-14-25-19-7-4-3-5-8-19)16-20(17)23-10-6-9-22(11-12-23)18(2)24/h3-5,7-8,17,20H,6,9-16H2,1-2H3. The summed E-state index contributed by atoms with van der Waals surface area (Å²) in [5.41, 5.74) is 0. The molecule has 2 unspecified atom stereocenters. The fraction of sp³-hybridized carbons (Fsp3) is 0.650. The maximum Gasteiger partial charge on any atom is 0.219 e. The van der Waals surface area contributed by atoms with E-state index in [2.05, 4.69) is 16.7 Å². The minimum absolute atomic E-state index is 0.209. The lowest BCUT2D eigenvalue weighted by Crippen LogP contribution is -2.43. The minimum atomic E-state index is 0.209. The van der Waals surface area contributed by atoms with Gasteiger partial charge < -0.3 is 9.64 Å². The minimum Gasteiger partial charge on any atom is -0.492 e. The second-order valence-electron chi connectivity index (χ2n) is 7.36. The summed E-state index contributed by atoms with van der Waals surface area (Å²) in [7, 11) is 0. The Kier molecular flexibility index (Phi) is 6.32. The molecule has 5 heteroatoms. The lowest BCUT2D eigenvalue weighted by atomic mass is 10.0. The van der Waals surface area contributed by atoms with Crippen molar-refractivity contribution < 1.29 is 9.53 Å². The quantitative estimate of drug-likeness (QED) is 0.817. The molecule has 2 atom stereocenters. The second-order valence-corrected chi connectivity index (χ2v) is 7.36. The summed E-state index contributed by atoms with van der Waals surface area (Å²) in [4.78, 5) is 18.7. The molecule has 0 spiro atoms. The van der Waals surface area contributed by atoms with Gasteiger partial charge in [-0.1, -0.05) is 25.1 Å². The number of rotatable bonds is 5. The highest BCUT2D eigenvalue weighted by molar-refractivity contribution is 5.73. The van der Waals surface area contributed by atoms with E-state index in [-0.39, 0.29) is 5.91 Å². The van der Waals surface area contributed by atoms with E-state index >= 15 is 0 Å². The summed E-state index contributed by atoms with van der Waals surface area (Å²) in [5, 5.41) is 0. The predicted octanol–water partition coefficient (Wildman–Crippen LogP) is 1.94. The van der Waals surface area contributed by atoms with Crippen LogP contribution in [-0.2, 0) is 4.79 Å². The van der Waals surface area contributed by atoms with Crippen molar-refractivity contribution in [2.75, 3.05) is 52.4 Å². The van der Waals surface area contributed by atoms with Gasteiger partial charge in [-0.2, -0.15) is 0 Å². The Labute approximate surface area is 151 Å². The van der Waals surface area contributed by atoms with Gasteiger partial charge in [-0.25, -0.2) is 0 Å². The van der Waals surface area contributed by atoms with Crippen molar-refractivity contribution in [1.29, 1.82) is 0 Å². The van der Waals surface area contributed by atoms with E-state index < -0.39 is 0 Å². The van der Waals surface area contributed by atoms with Crippen molar-refractivity contribution in [3.8, 4) is 5.75 Å². The first-order chi connectivity index (χ1) is 12.1. The summed E-state index contributed by atoms with van der Waals surface area (Å²) in [6, 6.07) is 10.6. The van der Waals surface area contributed by atoms with E-state index in [4.69, 9.17) is 4.74 Å². The average molecular weight is 345 g/mol. The highest BCUT2D eigenvalue weighted by atomic mass is 16.5. The number of nitrogens with zero attached hydrogens (tertiary/aromatic N) is 3. The Morgan fingerprint density at radius 3 is 2.68 bits per heavy atom. The van der Waals surface area contributed by atoms with Gasteiger partial charge in [0.1, 0.15) is 12.4 Å². The van der Waals surface area contributed by atoms with Crippen LogP contribution in [0.15, 0.2) is 30.3 Å². The smallest absolute Gasteiger partial charge is 0.219 e. The number of hydrogen-bond donors (Lipinski definition) is 0. The molecule has 5 nitrogen and oxygen atoms in total. The number of amides is 1. The van der Waals surface area contributed by atoms with Crippen molar-refractivity contribution in [3.05, 3.63) is 30.3 Å². The van der Waals surface area contributed by atoms with Crippen molar-refractivity contribution in [3.63, 3.8) is 0 Å². The fourth-order valence-electron chi connectivity index (χ4n) is 4.10. The first kappa shape index (κ1) is 18.2. The summed E-state index contributed by atoms with van der Waals surface area (Å²) in [6.07, 6.45) is 1.08. The van der Waals surface area contributed by atoms with Gasteiger partial charge in [0, 0.05) is 58.8 Å². The van der Waals surface area contributed by atoms with Crippen LogP contribution >= 0.6 is 0 Å². The Morgan fingerprint density at radius 2 is 1.92 bits per heavy atom. The molecule has 2 aliphatic rings. The third-order valence-electron chi connectivity index (χ3n) is 5.51. The van der Waals surface area contributed by atoms with Crippen LogP contribution in [0.25, 0.3) is 0 Å².